The van der Waals surface area contributed by atoms with Gasteiger partial charge in [0.25, 0.3) is 0 Å². The third-order valence-electron chi connectivity index (χ3n) is 2.24. The molecule has 0 spiro atoms. The van der Waals surface area contributed by atoms with Gasteiger partial charge in [-0.2, -0.15) is 0 Å². The molecule has 0 aromatic heterocycles. The van der Waals surface area contributed by atoms with Crippen molar-refractivity contribution in [1.82, 2.24) is 0 Å². The van der Waals surface area contributed by atoms with Gasteiger partial charge < -0.3 is 9.59 Å². The summed E-state index contributed by atoms with van der Waals surface area (Å²) >= 11 is 0. The van der Waals surface area contributed by atoms with Gasteiger partial charge in [0.05, 0.1) is 0 Å². The Hall–Kier alpha value is -0.660. The summed E-state index contributed by atoms with van der Waals surface area (Å²) < 4.78 is 0. The smallest absolute Gasteiger partial charge is 0.128 e. The van der Waals surface area contributed by atoms with Gasteiger partial charge >= 0.3 is 0 Å². The fourth-order valence-electron chi connectivity index (χ4n) is 1.56. The number of hydrogen-bond acceptors (Lipinski definition) is 2. The number of carbonyl (C=O) groups is 2. The molecular formula is C12H8O2. The van der Waals surface area contributed by atoms with E-state index in [4.69, 9.17) is 0 Å². The van der Waals surface area contributed by atoms with Crippen LogP contribution in [0.3, 0.4) is 0 Å². The molecule has 2 fully saturated rings. The Labute approximate surface area is 85.1 Å². The van der Waals surface area contributed by atoms with E-state index in [9.17, 15) is 9.59 Å². The highest BCUT2D eigenvalue weighted by Gasteiger charge is 2.42. The van der Waals surface area contributed by atoms with Crippen molar-refractivity contribution in [2.75, 3.05) is 0 Å². The van der Waals surface area contributed by atoms with Gasteiger partial charge in [-0.05, 0) is 38.5 Å². The van der Waals surface area contributed by atoms with E-state index >= 15 is 0 Å². The zero-order chi connectivity index (χ0) is 9.97. The number of carbonyl (C=O) groups excluding carboxylic acids is 2. The van der Waals surface area contributed by atoms with Crippen molar-refractivity contribution < 1.29 is 9.59 Å². The van der Waals surface area contributed by atoms with Crippen molar-refractivity contribution >= 4 is 12.6 Å². The number of aldehydes is 2. The monoisotopic (exact) mass is 184 g/mol. The highest BCUT2D eigenvalue weighted by Crippen LogP contribution is 2.47. The molecule has 0 saturated heterocycles. The van der Waals surface area contributed by atoms with E-state index in [1.807, 2.05) is 12.8 Å². The minimum atomic E-state index is 0.624. The first kappa shape index (κ1) is 9.88. The Kier molecular flexibility index (Phi) is 2.99. The molecule has 0 unspecified atom stereocenters. The number of hydrogen-bond donors (Lipinski definition) is 0. The Morgan fingerprint density at radius 2 is 1.14 bits per heavy atom. The van der Waals surface area contributed by atoms with E-state index in [1.165, 1.54) is 0 Å². The predicted molar refractivity (Wildman–Crippen MR) is 50.9 cm³/mol. The maximum absolute atomic E-state index is 10.7. The molecule has 2 heteroatoms. The van der Waals surface area contributed by atoms with E-state index in [1.54, 1.807) is 25.7 Å². The summed E-state index contributed by atoms with van der Waals surface area (Å²) in [5, 5.41) is 0. The van der Waals surface area contributed by atoms with Crippen LogP contribution in [-0.4, -0.2) is 12.6 Å². The molecule has 10 radical (unpaired) electrons. The zero-order valence-electron chi connectivity index (χ0n) is 7.44. The Balaban J connectivity index is 2.05. The predicted octanol–water partition coefficient (Wildman–Crippen LogP) is 0.935. The second-order valence-corrected chi connectivity index (χ2v) is 3.03. The van der Waals surface area contributed by atoms with Gasteiger partial charge in [-0.3, -0.25) is 0 Å². The van der Waals surface area contributed by atoms with Crippen LogP contribution in [0.1, 0.15) is 0 Å². The van der Waals surface area contributed by atoms with Gasteiger partial charge in [0.15, 0.2) is 0 Å². The van der Waals surface area contributed by atoms with Crippen LogP contribution in [0.5, 0.6) is 0 Å². The fourth-order valence-corrected chi connectivity index (χ4v) is 1.56. The lowest BCUT2D eigenvalue weighted by molar-refractivity contribution is -0.107. The molecular weight excluding hydrogens is 176 g/mol. The van der Waals surface area contributed by atoms with Crippen LogP contribution in [0.2, 0.25) is 0 Å². The van der Waals surface area contributed by atoms with Gasteiger partial charge in [0.2, 0.25) is 0 Å². The molecule has 2 aliphatic carbocycles. The Morgan fingerprint density at radius 1 is 0.714 bits per heavy atom. The maximum Gasteiger partial charge on any atom is 0.128 e. The average molecular weight is 184 g/mol. The van der Waals surface area contributed by atoms with Crippen molar-refractivity contribution in [2.45, 2.75) is 0 Å². The molecule has 0 heterocycles. The van der Waals surface area contributed by atoms with Crippen molar-refractivity contribution in [1.29, 1.82) is 0 Å². The van der Waals surface area contributed by atoms with Gasteiger partial charge in [-0.1, -0.05) is 0 Å². The lowest BCUT2D eigenvalue weighted by Crippen LogP contribution is -2.18. The molecule has 2 rings (SSSR count). The van der Waals surface area contributed by atoms with Crippen LogP contribution < -0.4 is 0 Å². The molecule has 68 valence electrons. The molecule has 0 bridgehead atoms. The van der Waals surface area contributed by atoms with Crippen LogP contribution in [0, 0.1) is 62.2 Å². The summed E-state index contributed by atoms with van der Waals surface area (Å²) in [5.74, 6) is 2.90. The SMILES string of the molecule is O=C[C]1[CH][CH][CH][C]1[C]1[CH][CH][CH][C]1C=O. The van der Waals surface area contributed by atoms with Gasteiger partial charge in [0.1, 0.15) is 12.6 Å². The molecule has 0 aromatic rings. The van der Waals surface area contributed by atoms with Crippen molar-refractivity contribution in [3.8, 4) is 0 Å². The van der Waals surface area contributed by atoms with E-state index in [2.05, 4.69) is 0 Å². The molecule has 0 atom stereocenters. The lowest BCUT2D eigenvalue weighted by atomic mass is 9.79. The van der Waals surface area contributed by atoms with Crippen molar-refractivity contribution in [3.05, 3.63) is 62.2 Å². The molecule has 2 saturated carbocycles. The molecule has 14 heavy (non-hydrogen) atoms. The molecule has 2 nitrogen and oxygen atoms in total. The van der Waals surface area contributed by atoms with E-state index in [0.717, 1.165) is 24.4 Å². The third-order valence-corrected chi connectivity index (χ3v) is 2.24. The molecule has 2 aliphatic rings. The summed E-state index contributed by atoms with van der Waals surface area (Å²) in [4.78, 5) is 21.4. The molecule has 0 aromatic carbocycles. The minimum absolute atomic E-state index is 0.624. The summed E-state index contributed by atoms with van der Waals surface area (Å²) in [7, 11) is 0. The maximum atomic E-state index is 10.7. The lowest BCUT2D eigenvalue weighted by Gasteiger charge is -2.22. The average Bonchev–Trinajstić information content (AvgIpc) is 2.85. The third kappa shape index (κ3) is 1.62. The van der Waals surface area contributed by atoms with Crippen LogP contribution >= 0.6 is 0 Å². The second-order valence-electron chi connectivity index (χ2n) is 3.03. The quantitative estimate of drug-likeness (QED) is 0.611. The van der Waals surface area contributed by atoms with Gasteiger partial charge in [-0.25, -0.2) is 0 Å². The molecule has 0 N–H and O–H groups in total. The van der Waals surface area contributed by atoms with Gasteiger partial charge in [-0.15, -0.1) is 0 Å². The number of rotatable bonds is 3. The normalized spacial score (nSPS) is 27.1. The fraction of sp³-hybridized carbons (Fsp3) is 0. The standard InChI is InChI=1S/C12H8O2/c13-7-9-3-1-5-11(9)12-6-2-4-10(12)8-14/h1-8H. The topological polar surface area (TPSA) is 34.1 Å². The second kappa shape index (κ2) is 4.24. The first-order chi connectivity index (χ1) is 6.86. The largest absolute Gasteiger partial charge is 0.303 e. The summed E-state index contributed by atoms with van der Waals surface area (Å²) in [5.41, 5.74) is 0. The summed E-state index contributed by atoms with van der Waals surface area (Å²) in [6, 6.07) is 0. The van der Waals surface area contributed by atoms with Crippen molar-refractivity contribution in [2.24, 2.45) is 0 Å². The molecule has 0 aliphatic heterocycles. The van der Waals surface area contributed by atoms with Crippen LogP contribution in [0.4, 0.5) is 0 Å². The van der Waals surface area contributed by atoms with Crippen LogP contribution in [-0.2, 0) is 9.59 Å². The Bertz CT molecular complexity index is 200. The van der Waals surface area contributed by atoms with Crippen LogP contribution in [0.25, 0.3) is 0 Å². The minimum Gasteiger partial charge on any atom is -0.303 e. The Morgan fingerprint density at radius 3 is 1.50 bits per heavy atom. The highest BCUT2D eigenvalue weighted by atomic mass is 16.1. The van der Waals surface area contributed by atoms with E-state index in [0.29, 0.717) is 11.8 Å². The van der Waals surface area contributed by atoms with E-state index in [-0.39, 0.29) is 0 Å². The first-order valence-electron chi connectivity index (χ1n) is 4.29. The summed E-state index contributed by atoms with van der Waals surface area (Å²) in [6.45, 7) is 0. The first-order valence-corrected chi connectivity index (χ1v) is 4.29. The summed E-state index contributed by atoms with van der Waals surface area (Å²) in [6.07, 6.45) is 12.4. The van der Waals surface area contributed by atoms with E-state index < -0.39 is 0 Å². The van der Waals surface area contributed by atoms with Gasteiger partial charge in [0, 0.05) is 23.7 Å². The van der Waals surface area contributed by atoms with Crippen molar-refractivity contribution in [3.63, 3.8) is 0 Å². The highest BCUT2D eigenvalue weighted by molar-refractivity contribution is 5.90. The zero-order valence-corrected chi connectivity index (χ0v) is 7.44. The molecule has 0 amide bonds. The van der Waals surface area contributed by atoms with Crippen LogP contribution in [0.15, 0.2) is 0 Å².